The van der Waals surface area contributed by atoms with E-state index in [1.165, 1.54) is 44.8 Å². The van der Waals surface area contributed by atoms with Crippen LogP contribution in [-0.4, -0.2) is 28.0 Å². The van der Waals surface area contributed by atoms with Crippen molar-refractivity contribution in [1.29, 1.82) is 0 Å². The number of hydrogen-bond donors (Lipinski definition) is 1. The van der Waals surface area contributed by atoms with E-state index in [4.69, 9.17) is 9.15 Å². The van der Waals surface area contributed by atoms with Gasteiger partial charge in [0.15, 0.2) is 9.84 Å². The van der Waals surface area contributed by atoms with Crippen LogP contribution in [-0.2, 0) is 14.6 Å². The number of amides is 1. The van der Waals surface area contributed by atoms with Gasteiger partial charge < -0.3 is 14.5 Å². The van der Waals surface area contributed by atoms with Crippen molar-refractivity contribution in [3.05, 3.63) is 48.4 Å². The first-order chi connectivity index (χ1) is 14.9. The van der Waals surface area contributed by atoms with E-state index >= 15 is 0 Å². The van der Waals surface area contributed by atoms with Gasteiger partial charge in [-0.2, -0.15) is 0 Å². The van der Waals surface area contributed by atoms with E-state index < -0.39 is 15.1 Å². The molecular weight excluding hydrogens is 414 g/mol. The van der Waals surface area contributed by atoms with E-state index in [0.717, 1.165) is 19.3 Å². The molecule has 31 heavy (non-hydrogen) atoms. The summed E-state index contributed by atoms with van der Waals surface area (Å²) in [5, 5.41) is 2.05. The number of benzene rings is 1. The van der Waals surface area contributed by atoms with Gasteiger partial charge in [-0.3, -0.25) is 4.79 Å². The molecule has 1 amide bonds. The Morgan fingerprint density at radius 1 is 1.10 bits per heavy atom. The third kappa shape index (κ3) is 3.67. The van der Waals surface area contributed by atoms with Crippen LogP contribution in [0.4, 0.5) is 0 Å². The molecular formula is C24H29NO5S. The molecule has 4 fully saturated rings. The maximum atomic E-state index is 13.4. The zero-order chi connectivity index (χ0) is 21.6. The number of hydrogen-bond acceptors (Lipinski definition) is 5. The summed E-state index contributed by atoms with van der Waals surface area (Å²) in [5.41, 5.74) is -0.313. The van der Waals surface area contributed by atoms with Gasteiger partial charge >= 0.3 is 0 Å². The van der Waals surface area contributed by atoms with Crippen molar-refractivity contribution in [3.63, 3.8) is 0 Å². The molecule has 1 aromatic carbocycles. The molecule has 0 unspecified atom stereocenters. The number of nitrogens with one attached hydrogen (secondary N) is 1. The molecule has 166 valence electrons. The molecule has 0 aliphatic heterocycles. The predicted octanol–water partition coefficient (Wildman–Crippen LogP) is 4.14. The molecule has 0 spiro atoms. The fourth-order valence-corrected chi connectivity index (χ4v) is 8.12. The van der Waals surface area contributed by atoms with E-state index in [2.05, 4.69) is 5.32 Å². The summed E-state index contributed by atoms with van der Waals surface area (Å²) in [6.07, 6.45) is 8.07. The molecule has 4 aliphatic carbocycles. The Labute approximate surface area is 183 Å². The lowest BCUT2D eigenvalue weighted by Crippen LogP contribution is -2.54. The highest BCUT2D eigenvalue weighted by atomic mass is 32.2. The molecule has 1 atom stereocenters. The van der Waals surface area contributed by atoms with E-state index in [1.807, 2.05) is 0 Å². The van der Waals surface area contributed by atoms with Gasteiger partial charge in [0.1, 0.15) is 16.8 Å². The molecule has 6 nitrogen and oxygen atoms in total. The number of methoxy groups -OCH3 is 1. The van der Waals surface area contributed by atoms with Crippen molar-refractivity contribution >= 4 is 15.7 Å². The summed E-state index contributed by atoms with van der Waals surface area (Å²) in [7, 11) is -2.23. The third-order valence-corrected chi connectivity index (χ3v) is 9.67. The van der Waals surface area contributed by atoms with Crippen molar-refractivity contribution in [2.45, 2.75) is 48.7 Å². The molecule has 1 N–H and O–H groups in total. The standard InChI is InChI=1S/C24H29NO5S/c1-29-19-4-6-20(7-5-19)31(27,28)22(21-3-2-8-30-21)15-25-23(26)24-12-16-9-17(13-24)11-18(10-16)14-24/h2-8,16-18,22H,9-15H2,1H3,(H,25,26)/t16?,17?,18?,22-,24?/m1/s1. The van der Waals surface area contributed by atoms with Crippen LogP contribution >= 0.6 is 0 Å². The molecule has 0 saturated heterocycles. The van der Waals surface area contributed by atoms with Crippen LogP contribution in [0.15, 0.2) is 52.0 Å². The lowest BCUT2D eigenvalue weighted by Gasteiger charge is -2.55. The zero-order valence-corrected chi connectivity index (χ0v) is 18.6. The van der Waals surface area contributed by atoms with Gasteiger partial charge in [-0.1, -0.05) is 0 Å². The number of rotatable bonds is 7. The van der Waals surface area contributed by atoms with Gasteiger partial charge in [0.2, 0.25) is 5.91 Å². The first-order valence-corrected chi connectivity index (χ1v) is 12.6. The average molecular weight is 444 g/mol. The first-order valence-electron chi connectivity index (χ1n) is 11.1. The summed E-state index contributed by atoms with van der Waals surface area (Å²) < 4.78 is 37.5. The quantitative estimate of drug-likeness (QED) is 0.695. The fourth-order valence-electron chi connectivity index (χ4n) is 6.53. The van der Waals surface area contributed by atoms with Gasteiger partial charge in [0.25, 0.3) is 0 Å². The topological polar surface area (TPSA) is 85.6 Å². The van der Waals surface area contributed by atoms with Crippen molar-refractivity contribution in [2.75, 3.05) is 13.7 Å². The normalized spacial score (nSPS) is 30.2. The second-order valence-corrected chi connectivity index (χ2v) is 11.8. The molecule has 1 heterocycles. The Morgan fingerprint density at radius 2 is 1.71 bits per heavy atom. The Kier molecular flexibility index (Phi) is 5.12. The average Bonchev–Trinajstić information content (AvgIpc) is 3.27. The van der Waals surface area contributed by atoms with Crippen LogP contribution in [0, 0.1) is 23.2 Å². The minimum Gasteiger partial charge on any atom is -0.497 e. The first kappa shape index (κ1) is 20.6. The highest BCUT2D eigenvalue weighted by Gasteiger charge is 2.54. The molecule has 4 bridgehead atoms. The number of carbonyl (C=O) groups is 1. The van der Waals surface area contributed by atoms with Gasteiger partial charge in [-0.15, -0.1) is 0 Å². The van der Waals surface area contributed by atoms with E-state index in [9.17, 15) is 13.2 Å². The molecule has 0 radical (unpaired) electrons. The Morgan fingerprint density at radius 3 is 2.23 bits per heavy atom. The smallest absolute Gasteiger partial charge is 0.226 e. The summed E-state index contributed by atoms with van der Waals surface area (Å²) in [4.78, 5) is 13.5. The number of ether oxygens (including phenoxy) is 1. The fraction of sp³-hybridized carbons (Fsp3) is 0.542. The lowest BCUT2D eigenvalue weighted by molar-refractivity contribution is -0.146. The second-order valence-electron chi connectivity index (χ2n) is 9.63. The number of carbonyl (C=O) groups excluding carboxylic acids is 1. The number of sulfone groups is 1. The molecule has 4 saturated carbocycles. The summed E-state index contributed by atoms with van der Waals surface area (Å²) in [5.74, 6) is 2.90. The maximum Gasteiger partial charge on any atom is 0.226 e. The highest BCUT2D eigenvalue weighted by Crippen LogP contribution is 2.60. The largest absolute Gasteiger partial charge is 0.497 e. The highest BCUT2D eigenvalue weighted by molar-refractivity contribution is 7.91. The summed E-state index contributed by atoms with van der Waals surface area (Å²) in [6.45, 7) is 0.00244. The van der Waals surface area contributed by atoms with E-state index in [0.29, 0.717) is 29.3 Å². The maximum absolute atomic E-state index is 13.4. The van der Waals surface area contributed by atoms with Crippen LogP contribution in [0.2, 0.25) is 0 Å². The third-order valence-electron chi connectivity index (χ3n) is 7.59. The molecule has 1 aromatic heterocycles. The zero-order valence-electron chi connectivity index (χ0n) is 17.8. The minimum absolute atomic E-state index is 0.00244. The molecule has 2 aromatic rings. The van der Waals surface area contributed by atoms with Crippen LogP contribution < -0.4 is 10.1 Å². The van der Waals surface area contributed by atoms with Crippen LogP contribution in [0.25, 0.3) is 0 Å². The molecule has 4 aliphatic rings. The monoisotopic (exact) mass is 443 g/mol. The Balaban J connectivity index is 1.37. The van der Waals surface area contributed by atoms with Crippen molar-refractivity contribution in [3.8, 4) is 5.75 Å². The summed E-state index contributed by atoms with van der Waals surface area (Å²) in [6, 6.07) is 9.64. The minimum atomic E-state index is -3.76. The van der Waals surface area contributed by atoms with Crippen molar-refractivity contribution < 1.29 is 22.4 Å². The predicted molar refractivity (Wildman–Crippen MR) is 115 cm³/mol. The van der Waals surface area contributed by atoms with Gasteiger partial charge in [0.05, 0.1) is 18.3 Å². The SMILES string of the molecule is COc1ccc(S(=O)(=O)[C@H](CNC(=O)C23CC4CC(CC(C4)C2)C3)c2ccco2)cc1. The van der Waals surface area contributed by atoms with Gasteiger partial charge in [-0.05, 0) is 92.7 Å². The van der Waals surface area contributed by atoms with E-state index in [1.54, 1.807) is 24.3 Å². The molecule has 6 rings (SSSR count). The summed E-state index contributed by atoms with van der Waals surface area (Å²) >= 11 is 0. The Hall–Kier alpha value is -2.28. The van der Waals surface area contributed by atoms with Gasteiger partial charge in [0, 0.05) is 12.0 Å². The van der Waals surface area contributed by atoms with Crippen LogP contribution in [0.1, 0.15) is 49.5 Å². The van der Waals surface area contributed by atoms with E-state index in [-0.39, 0.29) is 22.8 Å². The Bertz CT molecular complexity index is 1010. The van der Waals surface area contributed by atoms with Crippen molar-refractivity contribution in [2.24, 2.45) is 23.2 Å². The molecule has 7 heteroatoms. The lowest BCUT2D eigenvalue weighted by atomic mass is 9.49. The van der Waals surface area contributed by atoms with Crippen molar-refractivity contribution in [1.82, 2.24) is 5.32 Å². The van der Waals surface area contributed by atoms with Crippen LogP contribution in [0.5, 0.6) is 5.75 Å². The van der Waals surface area contributed by atoms with Gasteiger partial charge in [-0.25, -0.2) is 8.42 Å². The van der Waals surface area contributed by atoms with Crippen LogP contribution in [0.3, 0.4) is 0 Å². The second kappa shape index (κ2) is 7.69. The number of furan rings is 1.